The maximum atomic E-state index is 12.6. The van der Waals surface area contributed by atoms with Gasteiger partial charge >= 0.3 is 0 Å². The molecule has 0 fully saturated rings. The molecule has 27 heavy (non-hydrogen) atoms. The molecule has 1 atom stereocenters. The second-order valence-corrected chi connectivity index (χ2v) is 7.86. The molecular formula is C21H17BrN2O3. The summed E-state index contributed by atoms with van der Waals surface area (Å²) >= 11 is 3.45. The van der Waals surface area contributed by atoms with Crippen LogP contribution in [0.15, 0.2) is 59.1 Å². The minimum atomic E-state index is -0.396. The molecule has 0 radical (unpaired) electrons. The van der Waals surface area contributed by atoms with Gasteiger partial charge in [0, 0.05) is 34.3 Å². The zero-order chi connectivity index (χ0) is 19.1. The van der Waals surface area contributed by atoms with Gasteiger partial charge in [0.2, 0.25) is 0 Å². The molecule has 0 bridgehead atoms. The number of halogens is 1. The minimum absolute atomic E-state index is 0.0342. The molecule has 1 aliphatic carbocycles. The molecule has 5 nitrogen and oxygen atoms in total. The van der Waals surface area contributed by atoms with Crippen LogP contribution in [0.1, 0.15) is 29.4 Å². The fraction of sp³-hybridized carbons (Fsp3) is 0.190. The van der Waals surface area contributed by atoms with Crippen molar-refractivity contribution in [2.75, 3.05) is 0 Å². The lowest BCUT2D eigenvalue weighted by Gasteiger charge is -2.21. The number of carbonyl (C=O) groups is 1. The van der Waals surface area contributed by atoms with Crippen LogP contribution >= 0.6 is 15.9 Å². The maximum absolute atomic E-state index is 12.6. The zero-order valence-electron chi connectivity index (χ0n) is 14.7. The Kier molecular flexibility index (Phi) is 4.44. The maximum Gasteiger partial charge on any atom is 0.271 e. The fourth-order valence-electron chi connectivity index (χ4n) is 3.70. The van der Waals surface area contributed by atoms with Gasteiger partial charge in [-0.05, 0) is 42.2 Å². The van der Waals surface area contributed by atoms with Crippen molar-refractivity contribution in [1.29, 1.82) is 0 Å². The number of ketones is 1. The lowest BCUT2D eigenvalue weighted by molar-refractivity contribution is -0.384. The van der Waals surface area contributed by atoms with Crippen LogP contribution in [0.2, 0.25) is 0 Å². The Bertz CT molecular complexity index is 1050. The number of rotatable bonds is 3. The Balaban J connectivity index is 1.98. The molecule has 6 heteroatoms. The van der Waals surface area contributed by atoms with Gasteiger partial charge in [0.25, 0.3) is 5.69 Å². The molecule has 0 spiro atoms. The van der Waals surface area contributed by atoms with Crippen LogP contribution in [0.4, 0.5) is 5.69 Å². The topological polar surface area (TPSA) is 65.1 Å². The highest BCUT2D eigenvalue weighted by Crippen LogP contribution is 2.36. The van der Waals surface area contributed by atoms with Crippen LogP contribution in [0.3, 0.4) is 0 Å². The molecule has 1 heterocycles. The quantitative estimate of drug-likeness (QED) is 0.407. The standard InChI is InChI=1S/C21H17BrN2O3/c1-13-9-20-18(21(25)10-13)12-19(14-5-7-15(22)8-6-14)23(20)16-3-2-4-17(11-16)24(26)27/h2-8,11-13H,9-10H2,1H3. The molecule has 1 unspecified atom stereocenters. The van der Waals surface area contributed by atoms with E-state index in [1.54, 1.807) is 12.1 Å². The molecule has 0 saturated carbocycles. The number of non-ortho nitro benzene ring substituents is 1. The summed E-state index contributed by atoms with van der Waals surface area (Å²) in [5.41, 5.74) is 4.21. The van der Waals surface area contributed by atoms with Gasteiger partial charge in [0.15, 0.2) is 5.78 Å². The molecule has 3 aromatic rings. The normalized spacial score (nSPS) is 16.2. The Hall–Kier alpha value is -2.73. The number of hydrogen-bond donors (Lipinski definition) is 0. The summed E-state index contributed by atoms with van der Waals surface area (Å²) in [5, 5.41) is 11.2. The van der Waals surface area contributed by atoms with Gasteiger partial charge in [-0.3, -0.25) is 14.9 Å². The van der Waals surface area contributed by atoms with Crippen molar-refractivity contribution >= 4 is 27.4 Å². The number of nitro benzene ring substituents is 1. The van der Waals surface area contributed by atoms with Gasteiger partial charge in [0.1, 0.15) is 0 Å². The summed E-state index contributed by atoms with van der Waals surface area (Å²) < 4.78 is 2.97. The third kappa shape index (κ3) is 3.21. The lowest BCUT2D eigenvalue weighted by Crippen LogP contribution is -2.19. The Morgan fingerprint density at radius 1 is 1.11 bits per heavy atom. The van der Waals surface area contributed by atoms with Crippen LogP contribution in [0, 0.1) is 16.0 Å². The summed E-state index contributed by atoms with van der Waals surface area (Å²) in [6, 6.07) is 16.3. The molecular weight excluding hydrogens is 408 g/mol. The van der Waals surface area contributed by atoms with Crippen LogP contribution in [0.5, 0.6) is 0 Å². The SMILES string of the molecule is CC1CC(=O)c2cc(-c3ccc(Br)cc3)n(-c3cccc([N+](=O)[O-])c3)c2C1. The van der Waals surface area contributed by atoms with Gasteiger partial charge in [-0.15, -0.1) is 0 Å². The molecule has 0 aliphatic heterocycles. The van der Waals surface area contributed by atoms with E-state index in [-0.39, 0.29) is 17.4 Å². The largest absolute Gasteiger partial charge is 0.313 e. The van der Waals surface area contributed by atoms with Crippen molar-refractivity contribution in [3.63, 3.8) is 0 Å². The predicted octanol–water partition coefficient (Wildman–Crippen LogP) is 5.58. The Morgan fingerprint density at radius 2 is 1.85 bits per heavy atom. The highest BCUT2D eigenvalue weighted by atomic mass is 79.9. The first-order valence-electron chi connectivity index (χ1n) is 8.72. The van der Waals surface area contributed by atoms with Crippen molar-refractivity contribution in [2.24, 2.45) is 5.92 Å². The summed E-state index contributed by atoms with van der Waals surface area (Å²) in [5.74, 6) is 0.376. The average molecular weight is 425 g/mol. The van der Waals surface area contributed by atoms with Gasteiger partial charge in [0.05, 0.1) is 16.3 Å². The van der Waals surface area contributed by atoms with Crippen molar-refractivity contribution < 1.29 is 9.72 Å². The number of fused-ring (bicyclic) bond motifs is 1. The average Bonchev–Trinajstić information content (AvgIpc) is 3.02. The predicted molar refractivity (Wildman–Crippen MR) is 107 cm³/mol. The number of Topliss-reactive ketones (excluding diaryl/α,β-unsaturated/α-hetero) is 1. The van der Waals surface area contributed by atoms with E-state index in [1.807, 2.05) is 41.0 Å². The molecule has 1 aromatic heterocycles. The van der Waals surface area contributed by atoms with E-state index in [1.165, 1.54) is 6.07 Å². The van der Waals surface area contributed by atoms with E-state index < -0.39 is 4.92 Å². The lowest BCUT2D eigenvalue weighted by atomic mass is 9.88. The molecule has 1 aliphatic rings. The zero-order valence-corrected chi connectivity index (χ0v) is 16.3. The van der Waals surface area contributed by atoms with Gasteiger partial charge in [-0.2, -0.15) is 0 Å². The van der Waals surface area contributed by atoms with Crippen molar-refractivity contribution in [1.82, 2.24) is 4.57 Å². The number of benzene rings is 2. The van der Waals surface area contributed by atoms with E-state index in [0.29, 0.717) is 12.1 Å². The first-order valence-corrected chi connectivity index (χ1v) is 9.52. The van der Waals surface area contributed by atoms with Crippen LogP contribution < -0.4 is 0 Å². The smallest absolute Gasteiger partial charge is 0.271 e. The number of carbonyl (C=O) groups excluding carboxylic acids is 1. The highest BCUT2D eigenvalue weighted by molar-refractivity contribution is 9.10. The molecule has 0 N–H and O–H groups in total. The number of nitrogens with zero attached hydrogens (tertiary/aromatic N) is 2. The van der Waals surface area contributed by atoms with E-state index in [0.717, 1.165) is 33.4 Å². The van der Waals surface area contributed by atoms with Crippen LogP contribution in [0.25, 0.3) is 16.9 Å². The minimum Gasteiger partial charge on any atom is -0.313 e. The fourth-order valence-corrected chi connectivity index (χ4v) is 3.96. The number of nitro groups is 1. The van der Waals surface area contributed by atoms with E-state index in [9.17, 15) is 14.9 Å². The second-order valence-electron chi connectivity index (χ2n) is 6.95. The number of aromatic nitrogens is 1. The molecule has 136 valence electrons. The summed E-state index contributed by atoms with van der Waals surface area (Å²) in [7, 11) is 0. The van der Waals surface area contributed by atoms with Crippen molar-refractivity contribution in [2.45, 2.75) is 19.8 Å². The van der Waals surface area contributed by atoms with Crippen LogP contribution in [-0.2, 0) is 6.42 Å². The van der Waals surface area contributed by atoms with Gasteiger partial charge < -0.3 is 4.57 Å². The first-order chi connectivity index (χ1) is 12.9. The number of hydrogen-bond acceptors (Lipinski definition) is 3. The summed E-state index contributed by atoms with van der Waals surface area (Å²) in [4.78, 5) is 23.5. The molecule has 0 amide bonds. The molecule has 4 rings (SSSR count). The third-order valence-corrected chi connectivity index (χ3v) is 5.45. The van der Waals surface area contributed by atoms with E-state index in [4.69, 9.17) is 0 Å². The van der Waals surface area contributed by atoms with Crippen LogP contribution in [-0.4, -0.2) is 15.3 Å². The van der Waals surface area contributed by atoms with Crippen molar-refractivity contribution in [3.05, 3.63) is 80.4 Å². The summed E-state index contributed by atoms with van der Waals surface area (Å²) in [6.07, 6.45) is 1.30. The highest BCUT2D eigenvalue weighted by Gasteiger charge is 2.29. The Labute approximate surface area is 164 Å². The summed E-state index contributed by atoms with van der Waals surface area (Å²) in [6.45, 7) is 2.06. The van der Waals surface area contributed by atoms with E-state index >= 15 is 0 Å². The molecule has 2 aromatic carbocycles. The Morgan fingerprint density at radius 3 is 2.56 bits per heavy atom. The monoisotopic (exact) mass is 424 g/mol. The molecule has 0 saturated heterocycles. The van der Waals surface area contributed by atoms with Gasteiger partial charge in [-0.1, -0.05) is 41.1 Å². The first kappa shape index (κ1) is 17.7. The second kappa shape index (κ2) is 6.78. The van der Waals surface area contributed by atoms with Gasteiger partial charge in [-0.25, -0.2) is 0 Å². The third-order valence-electron chi connectivity index (χ3n) is 4.92. The van der Waals surface area contributed by atoms with E-state index in [2.05, 4.69) is 22.9 Å². The van der Waals surface area contributed by atoms with Crippen molar-refractivity contribution in [3.8, 4) is 16.9 Å².